The maximum Gasteiger partial charge on any atom is 0.410 e. The van der Waals surface area contributed by atoms with Crippen LogP contribution in [0.4, 0.5) is 4.79 Å². The molecule has 3 rings (SSSR count). The van der Waals surface area contributed by atoms with Crippen LogP contribution in [-0.4, -0.2) is 80.1 Å². The lowest BCUT2D eigenvalue weighted by Crippen LogP contribution is -2.42. The second-order valence-corrected chi connectivity index (χ2v) is 10.0. The molecule has 3 amide bonds. The molecule has 0 aliphatic carbocycles. The van der Waals surface area contributed by atoms with Gasteiger partial charge in [-0.25, -0.2) is 4.79 Å². The van der Waals surface area contributed by atoms with E-state index < -0.39 is 0 Å². The fraction of sp³-hybridized carbons (Fsp3) is 0.500. The largest absolute Gasteiger partial charge is 0.489 e. The average Bonchev–Trinajstić information content (AvgIpc) is 2.92. The fourth-order valence-electron chi connectivity index (χ4n) is 3.19. The number of nitrogens with zero attached hydrogens (tertiary/aromatic N) is 2. The molecule has 0 atom stereocenters. The number of benzene rings is 2. The van der Waals surface area contributed by atoms with E-state index in [1.165, 1.54) is 10.5 Å². The smallest absolute Gasteiger partial charge is 0.410 e. The van der Waals surface area contributed by atoms with Crippen molar-refractivity contribution < 1.29 is 23.9 Å². The van der Waals surface area contributed by atoms with E-state index in [0.29, 0.717) is 25.3 Å². The van der Waals surface area contributed by atoms with Crippen LogP contribution in [0.15, 0.2) is 48.5 Å². The molecule has 1 saturated heterocycles. The number of rotatable bonds is 7. The van der Waals surface area contributed by atoms with Crippen LogP contribution in [0.5, 0.6) is 5.75 Å². The van der Waals surface area contributed by atoms with Crippen LogP contribution in [0.2, 0.25) is 0 Å². The molecule has 9 heteroatoms. The Kier molecular flexibility index (Phi) is 15.3. The van der Waals surface area contributed by atoms with Crippen molar-refractivity contribution >= 4 is 18.4 Å². The highest BCUT2D eigenvalue weighted by atomic mass is 16.6. The van der Waals surface area contributed by atoms with Crippen LogP contribution in [0, 0.1) is 6.92 Å². The quantitative estimate of drug-likeness (QED) is 0.508. The number of hydrogen-bond donors (Lipinski definition) is 2. The van der Waals surface area contributed by atoms with Crippen LogP contribution in [0.25, 0.3) is 0 Å². The molecule has 39 heavy (non-hydrogen) atoms. The van der Waals surface area contributed by atoms with Gasteiger partial charge in [0.25, 0.3) is 5.91 Å². The lowest BCUT2D eigenvalue weighted by molar-refractivity contribution is -0.118. The Morgan fingerprint density at radius 1 is 1.08 bits per heavy atom. The minimum atomic E-state index is -0.388. The summed E-state index contributed by atoms with van der Waals surface area (Å²) < 4.78 is 10.8. The summed E-state index contributed by atoms with van der Waals surface area (Å²) in [5.74, 6) is 0.706. The summed E-state index contributed by atoms with van der Waals surface area (Å²) >= 11 is 0. The van der Waals surface area contributed by atoms with E-state index in [2.05, 4.69) is 29.7 Å². The number of hydrogen-bond acceptors (Lipinski definition) is 6. The Morgan fingerprint density at radius 3 is 2.21 bits per heavy atom. The van der Waals surface area contributed by atoms with Gasteiger partial charge < -0.3 is 29.9 Å². The molecule has 1 aliphatic rings. The molecule has 0 saturated carbocycles. The third-order valence-corrected chi connectivity index (χ3v) is 5.42. The summed E-state index contributed by atoms with van der Waals surface area (Å²) in [4.78, 5) is 36.1. The average molecular weight is 543 g/mol. The van der Waals surface area contributed by atoms with Crippen LogP contribution in [0.1, 0.15) is 56.1 Å². The highest BCUT2D eigenvalue weighted by molar-refractivity contribution is 5.94. The first kappa shape index (κ1) is 33.4. The van der Waals surface area contributed by atoms with Gasteiger partial charge in [0.1, 0.15) is 18.0 Å². The van der Waals surface area contributed by atoms with Gasteiger partial charge in [0.2, 0.25) is 6.41 Å². The molecule has 0 aromatic heterocycles. The maximum absolute atomic E-state index is 11.6. The maximum atomic E-state index is 11.6. The molecule has 0 unspecified atom stereocenters. The van der Waals surface area contributed by atoms with Crippen molar-refractivity contribution in [3.05, 3.63) is 65.2 Å². The summed E-state index contributed by atoms with van der Waals surface area (Å²) in [5, 5.41) is 5.91. The van der Waals surface area contributed by atoms with Crippen molar-refractivity contribution in [1.82, 2.24) is 20.4 Å². The van der Waals surface area contributed by atoms with Gasteiger partial charge in [0.15, 0.2) is 0 Å². The van der Waals surface area contributed by atoms with Crippen molar-refractivity contribution in [1.29, 1.82) is 0 Å². The summed E-state index contributed by atoms with van der Waals surface area (Å²) in [7, 11) is 1.72. The minimum Gasteiger partial charge on any atom is -0.489 e. The van der Waals surface area contributed by atoms with Gasteiger partial charge in [-0.3, -0.25) is 9.59 Å². The molecule has 1 aliphatic heterocycles. The number of ether oxygens (including phenoxy) is 2. The van der Waals surface area contributed by atoms with E-state index >= 15 is 0 Å². The number of piperazine rings is 1. The van der Waals surface area contributed by atoms with Crippen molar-refractivity contribution in [2.24, 2.45) is 0 Å². The van der Waals surface area contributed by atoms with Gasteiger partial charge in [-0.15, -0.1) is 0 Å². The Hall–Kier alpha value is -3.59. The van der Waals surface area contributed by atoms with Crippen LogP contribution >= 0.6 is 0 Å². The predicted molar refractivity (Wildman–Crippen MR) is 155 cm³/mol. The van der Waals surface area contributed by atoms with Crippen LogP contribution < -0.4 is 15.4 Å². The minimum absolute atomic E-state index is 0.0577. The van der Waals surface area contributed by atoms with Crippen molar-refractivity contribution in [3.63, 3.8) is 0 Å². The number of carbonyl (C=O) groups excluding carboxylic acids is 3. The zero-order valence-corrected chi connectivity index (χ0v) is 24.6. The first-order valence-electron chi connectivity index (χ1n) is 13.4. The van der Waals surface area contributed by atoms with Gasteiger partial charge in [-0.1, -0.05) is 29.8 Å². The Balaban J connectivity index is 0.000000335. The van der Waals surface area contributed by atoms with Crippen LogP contribution in [-0.2, 0) is 16.1 Å². The molecular weight excluding hydrogens is 496 g/mol. The van der Waals surface area contributed by atoms with E-state index in [9.17, 15) is 14.4 Å². The second kappa shape index (κ2) is 17.8. The number of nitrogens with one attached hydrogen (secondary N) is 2. The lowest BCUT2D eigenvalue weighted by Gasteiger charge is -2.23. The van der Waals surface area contributed by atoms with Crippen molar-refractivity contribution in [3.8, 4) is 5.75 Å². The van der Waals surface area contributed by atoms with Gasteiger partial charge in [-0.05, 0) is 71.4 Å². The highest BCUT2D eigenvalue weighted by Crippen LogP contribution is 2.15. The van der Waals surface area contributed by atoms with Gasteiger partial charge in [0.05, 0.1) is 0 Å². The summed E-state index contributed by atoms with van der Waals surface area (Å²) in [5.41, 5.74) is 2.62. The third kappa shape index (κ3) is 14.8. The second-order valence-electron chi connectivity index (χ2n) is 10.0. The van der Waals surface area contributed by atoms with Crippen molar-refractivity contribution in [2.45, 2.75) is 53.8 Å². The molecule has 1 heterocycles. The zero-order valence-electron chi connectivity index (χ0n) is 24.6. The monoisotopic (exact) mass is 542 g/mol. The lowest BCUT2D eigenvalue weighted by atomic mass is 10.1. The molecule has 0 bridgehead atoms. The highest BCUT2D eigenvalue weighted by Gasteiger charge is 2.18. The number of aryl methyl sites for hydroxylation is 1. The van der Waals surface area contributed by atoms with Gasteiger partial charge in [0, 0.05) is 51.9 Å². The van der Waals surface area contributed by atoms with E-state index in [1.54, 1.807) is 24.1 Å². The molecule has 1 fully saturated rings. The molecule has 2 aromatic carbocycles. The molecule has 2 N–H and O–H groups in total. The molecular formula is C30H46N4O5. The molecule has 0 radical (unpaired) electrons. The fourth-order valence-corrected chi connectivity index (χ4v) is 3.19. The Bertz CT molecular complexity index is 999. The van der Waals surface area contributed by atoms with E-state index in [4.69, 9.17) is 9.47 Å². The molecule has 0 spiro atoms. The molecule has 216 valence electrons. The normalized spacial score (nSPS) is 12.5. The standard InChI is InChI=1S/C17H19NO2.C8H17NO2.C5H10N2O/c1-3-18-17(19)15-7-9-16(10-8-15)20-12-14-6-4-5-13(2)11-14;1-6-9(5)7(10)11-8(2,3)4;8-5-7-3-1-6-2-4-7/h4-11H,3,12H2,1-2H3,(H,18,19);6H2,1-5H3;5-6H,1-4H2. The summed E-state index contributed by atoms with van der Waals surface area (Å²) in [6.07, 6.45) is 0.640. The third-order valence-electron chi connectivity index (χ3n) is 5.42. The Morgan fingerprint density at radius 2 is 1.72 bits per heavy atom. The predicted octanol–water partition coefficient (Wildman–Crippen LogP) is 4.24. The molecule has 9 nitrogen and oxygen atoms in total. The Labute approximate surface area is 233 Å². The van der Waals surface area contributed by atoms with E-state index in [-0.39, 0.29) is 17.6 Å². The van der Waals surface area contributed by atoms with E-state index in [0.717, 1.165) is 43.9 Å². The van der Waals surface area contributed by atoms with Gasteiger partial charge >= 0.3 is 6.09 Å². The number of amides is 3. The number of carbonyl (C=O) groups is 3. The SMILES string of the molecule is CCN(C)C(=O)OC(C)(C)C.CCNC(=O)c1ccc(OCc2cccc(C)c2)cc1.O=CN1CCNCC1. The van der Waals surface area contributed by atoms with Crippen LogP contribution in [0.3, 0.4) is 0 Å². The van der Waals surface area contributed by atoms with E-state index in [1.807, 2.05) is 58.9 Å². The first-order chi connectivity index (χ1) is 18.5. The molecule has 2 aromatic rings. The first-order valence-corrected chi connectivity index (χ1v) is 13.4. The zero-order chi connectivity index (χ0) is 29.3. The topological polar surface area (TPSA) is 100 Å². The van der Waals surface area contributed by atoms with Crippen molar-refractivity contribution in [2.75, 3.05) is 46.3 Å². The summed E-state index contributed by atoms with van der Waals surface area (Å²) in [6, 6.07) is 15.4. The summed E-state index contributed by atoms with van der Waals surface area (Å²) in [6.45, 7) is 16.9. The van der Waals surface area contributed by atoms with Gasteiger partial charge in [-0.2, -0.15) is 0 Å².